The molecule has 30 heavy (non-hydrogen) atoms. The maximum Gasteiger partial charge on any atom is 0.255 e. The number of likely N-dealkylation sites (tertiary alicyclic amines) is 1. The fourth-order valence-electron chi connectivity index (χ4n) is 4.25. The molecule has 2 aromatic rings. The monoisotopic (exact) mass is 428 g/mol. The molecule has 1 saturated heterocycles. The number of pyridine rings is 1. The topological polar surface area (TPSA) is 68.7 Å². The number of β-amino-alcohol motifs (C(OH)–C–C–N with tert-alkyl or cyclic N) is 1. The van der Waals surface area contributed by atoms with Crippen molar-refractivity contribution in [1.29, 1.82) is 0 Å². The number of hydrogen-bond acceptors (Lipinski definition) is 5. The maximum atomic E-state index is 12.6. The first-order valence-corrected chi connectivity index (χ1v) is 11.1. The lowest BCUT2D eigenvalue weighted by atomic mass is 10.00. The van der Waals surface area contributed by atoms with Gasteiger partial charge in [0.1, 0.15) is 5.82 Å². The molecule has 2 aliphatic heterocycles. The van der Waals surface area contributed by atoms with Crippen LogP contribution in [0.15, 0.2) is 36.5 Å². The summed E-state index contributed by atoms with van der Waals surface area (Å²) in [6.45, 7) is 4.34. The summed E-state index contributed by atoms with van der Waals surface area (Å²) >= 11 is 6.36. The normalized spacial score (nSPS) is 18.0. The number of benzene rings is 1. The number of piperidine rings is 1. The minimum Gasteiger partial charge on any atom is -0.390 e. The van der Waals surface area contributed by atoms with Crippen LogP contribution in [0.1, 0.15) is 40.7 Å². The number of nitrogens with zero attached hydrogens (tertiary/aromatic N) is 3. The molecule has 3 heterocycles. The quantitative estimate of drug-likeness (QED) is 0.739. The zero-order valence-electron chi connectivity index (χ0n) is 17.2. The molecule has 7 heteroatoms. The van der Waals surface area contributed by atoms with Gasteiger partial charge in [-0.05, 0) is 42.9 Å². The predicted octanol–water partition coefficient (Wildman–Crippen LogP) is 3.19. The molecule has 6 nitrogen and oxygen atoms in total. The van der Waals surface area contributed by atoms with Crippen LogP contribution < -0.4 is 5.32 Å². The van der Waals surface area contributed by atoms with Crippen LogP contribution in [-0.2, 0) is 13.0 Å². The van der Waals surface area contributed by atoms with E-state index < -0.39 is 6.10 Å². The maximum absolute atomic E-state index is 12.6. The lowest BCUT2D eigenvalue weighted by Gasteiger charge is -2.30. The van der Waals surface area contributed by atoms with E-state index >= 15 is 0 Å². The van der Waals surface area contributed by atoms with Crippen LogP contribution >= 0.6 is 11.6 Å². The number of hydrogen-bond donors (Lipinski definition) is 2. The number of aliphatic hydroxyl groups is 1. The Kier molecular flexibility index (Phi) is 6.87. The van der Waals surface area contributed by atoms with Gasteiger partial charge in [0.25, 0.3) is 5.91 Å². The van der Waals surface area contributed by atoms with Crippen LogP contribution in [0.2, 0.25) is 5.02 Å². The second-order valence-corrected chi connectivity index (χ2v) is 8.60. The molecule has 0 saturated carbocycles. The van der Waals surface area contributed by atoms with Gasteiger partial charge in [0.15, 0.2) is 0 Å². The largest absolute Gasteiger partial charge is 0.390 e. The molecule has 2 N–H and O–H groups in total. The molecule has 0 aliphatic carbocycles. The third kappa shape index (κ3) is 5.12. The molecule has 160 valence electrons. The van der Waals surface area contributed by atoms with Crippen LogP contribution in [0, 0.1) is 0 Å². The minimum absolute atomic E-state index is 0.0129. The Morgan fingerprint density at radius 2 is 1.93 bits per heavy atom. The van der Waals surface area contributed by atoms with Crippen molar-refractivity contribution in [2.75, 3.05) is 38.0 Å². The fraction of sp³-hybridized carbons (Fsp3) is 0.478. The number of halogens is 1. The highest BCUT2D eigenvalue weighted by Gasteiger charge is 2.21. The summed E-state index contributed by atoms with van der Waals surface area (Å²) < 4.78 is 0. The van der Waals surface area contributed by atoms with Gasteiger partial charge in [-0.1, -0.05) is 35.9 Å². The molecule has 1 atom stereocenters. The van der Waals surface area contributed by atoms with Gasteiger partial charge in [0, 0.05) is 45.5 Å². The van der Waals surface area contributed by atoms with Gasteiger partial charge in [-0.15, -0.1) is 0 Å². The Bertz CT molecular complexity index is 885. The van der Waals surface area contributed by atoms with Crippen LogP contribution in [0.4, 0.5) is 5.82 Å². The van der Waals surface area contributed by atoms with E-state index in [1.54, 1.807) is 12.3 Å². The number of aliphatic hydroxyl groups excluding tert-OH is 1. The average Bonchev–Trinajstić information content (AvgIpc) is 2.78. The molecular formula is C23H29ClN4O2. The van der Waals surface area contributed by atoms with Crippen molar-refractivity contribution in [1.82, 2.24) is 14.8 Å². The smallest absolute Gasteiger partial charge is 0.255 e. The van der Waals surface area contributed by atoms with Crippen molar-refractivity contribution in [2.24, 2.45) is 0 Å². The van der Waals surface area contributed by atoms with Gasteiger partial charge in [-0.25, -0.2) is 4.98 Å². The molecular weight excluding hydrogens is 400 g/mol. The highest BCUT2D eigenvalue weighted by Crippen LogP contribution is 2.22. The summed E-state index contributed by atoms with van der Waals surface area (Å²) in [7, 11) is 0. The van der Waals surface area contributed by atoms with Crippen molar-refractivity contribution in [3.05, 3.63) is 58.2 Å². The van der Waals surface area contributed by atoms with E-state index in [0.29, 0.717) is 29.5 Å². The molecule has 0 bridgehead atoms. The number of carbonyl (C=O) groups excluding carboxylic acids is 1. The van der Waals surface area contributed by atoms with Gasteiger partial charge in [-0.3, -0.25) is 9.69 Å². The minimum atomic E-state index is -0.539. The average molecular weight is 429 g/mol. The zero-order chi connectivity index (χ0) is 20.9. The molecule has 4 rings (SSSR count). The molecule has 1 aromatic heterocycles. The molecule has 1 amide bonds. The Morgan fingerprint density at radius 1 is 1.17 bits per heavy atom. The molecule has 2 aliphatic rings. The molecule has 1 unspecified atom stereocenters. The summed E-state index contributed by atoms with van der Waals surface area (Å²) in [4.78, 5) is 21.1. The van der Waals surface area contributed by atoms with Crippen LogP contribution in [-0.4, -0.2) is 64.6 Å². The zero-order valence-corrected chi connectivity index (χ0v) is 17.9. The first-order valence-electron chi connectivity index (χ1n) is 10.8. The van der Waals surface area contributed by atoms with Gasteiger partial charge in [0.2, 0.25) is 0 Å². The van der Waals surface area contributed by atoms with Crippen molar-refractivity contribution in [2.45, 2.75) is 38.3 Å². The first-order chi connectivity index (χ1) is 14.6. The van der Waals surface area contributed by atoms with Crippen LogP contribution in [0.25, 0.3) is 0 Å². The number of amides is 1. The molecule has 0 spiro atoms. The Balaban J connectivity index is 1.29. The van der Waals surface area contributed by atoms with E-state index in [-0.39, 0.29) is 5.91 Å². The third-order valence-electron chi connectivity index (χ3n) is 5.92. The van der Waals surface area contributed by atoms with Crippen molar-refractivity contribution >= 4 is 23.3 Å². The standard InChI is InChI=1S/C23H29ClN4O2/c24-21-12-19(23(30)28-9-4-1-5-10-28)13-25-22(21)26-14-20(29)16-27-11-8-17-6-2-3-7-18(17)15-27/h2-3,6-7,12-13,20,29H,1,4-5,8-11,14-16H2,(H,25,26). The summed E-state index contributed by atoms with van der Waals surface area (Å²) in [5, 5.41) is 14.0. The lowest BCUT2D eigenvalue weighted by Crippen LogP contribution is -2.39. The highest BCUT2D eigenvalue weighted by molar-refractivity contribution is 6.33. The summed E-state index contributed by atoms with van der Waals surface area (Å²) in [6.07, 6.45) is 5.32. The van der Waals surface area contributed by atoms with Gasteiger partial charge >= 0.3 is 0 Å². The van der Waals surface area contributed by atoms with E-state index in [2.05, 4.69) is 39.5 Å². The lowest BCUT2D eigenvalue weighted by molar-refractivity contribution is 0.0724. The molecule has 0 radical (unpaired) electrons. The number of nitrogens with one attached hydrogen (secondary N) is 1. The van der Waals surface area contributed by atoms with E-state index in [9.17, 15) is 9.90 Å². The van der Waals surface area contributed by atoms with Crippen molar-refractivity contribution in [3.8, 4) is 0 Å². The van der Waals surface area contributed by atoms with E-state index in [1.165, 1.54) is 17.5 Å². The van der Waals surface area contributed by atoms with Gasteiger partial charge in [0.05, 0.1) is 16.7 Å². The Morgan fingerprint density at radius 3 is 2.70 bits per heavy atom. The van der Waals surface area contributed by atoms with Gasteiger partial charge in [-0.2, -0.15) is 0 Å². The summed E-state index contributed by atoms with van der Waals surface area (Å²) in [5.41, 5.74) is 3.25. The van der Waals surface area contributed by atoms with E-state index in [4.69, 9.17) is 11.6 Å². The van der Waals surface area contributed by atoms with Gasteiger partial charge < -0.3 is 15.3 Å². The number of carbonyl (C=O) groups is 1. The van der Waals surface area contributed by atoms with E-state index in [0.717, 1.165) is 45.4 Å². The second kappa shape index (κ2) is 9.77. The number of rotatable bonds is 6. The number of fused-ring (bicyclic) bond motifs is 1. The molecule has 1 aromatic carbocycles. The van der Waals surface area contributed by atoms with Crippen LogP contribution in [0.3, 0.4) is 0 Å². The predicted molar refractivity (Wildman–Crippen MR) is 119 cm³/mol. The number of anilines is 1. The summed E-state index contributed by atoms with van der Waals surface area (Å²) in [6, 6.07) is 10.1. The fourth-order valence-corrected chi connectivity index (χ4v) is 4.48. The van der Waals surface area contributed by atoms with Crippen molar-refractivity contribution in [3.63, 3.8) is 0 Å². The van der Waals surface area contributed by atoms with E-state index in [1.807, 2.05) is 4.90 Å². The summed E-state index contributed by atoms with van der Waals surface area (Å²) in [5.74, 6) is 0.482. The van der Waals surface area contributed by atoms with Crippen molar-refractivity contribution < 1.29 is 9.90 Å². The third-order valence-corrected chi connectivity index (χ3v) is 6.20. The number of aromatic nitrogens is 1. The SMILES string of the molecule is O=C(c1cnc(NCC(O)CN2CCc3ccccc3C2)c(Cl)c1)N1CCCCC1. The Labute approximate surface area is 182 Å². The molecule has 1 fully saturated rings. The van der Waals surface area contributed by atoms with Crippen LogP contribution in [0.5, 0.6) is 0 Å². The Hall–Kier alpha value is -2.15. The first kappa shape index (κ1) is 21.1. The second-order valence-electron chi connectivity index (χ2n) is 8.20. The highest BCUT2D eigenvalue weighted by atomic mass is 35.5.